The lowest BCUT2D eigenvalue weighted by atomic mass is 10.1. The topological polar surface area (TPSA) is 87.9 Å². The molecule has 40 heavy (non-hydrogen) atoms. The average molecular weight is 565 g/mol. The number of aromatic nitrogens is 1. The van der Waals surface area contributed by atoms with Gasteiger partial charge in [-0.1, -0.05) is 30.3 Å². The van der Waals surface area contributed by atoms with Crippen molar-refractivity contribution < 1.29 is 22.0 Å². The average Bonchev–Trinajstić information content (AvgIpc) is 3.36. The van der Waals surface area contributed by atoms with Gasteiger partial charge in [0.2, 0.25) is 5.88 Å². The number of anilines is 2. The van der Waals surface area contributed by atoms with Crippen LogP contribution in [0.5, 0.6) is 5.88 Å². The number of halogens is 1. The number of methoxy groups -OCH3 is 1. The molecule has 0 amide bonds. The summed E-state index contributed by atoms with van der Waals surface area (Å²) in [6, 6.07) is 19.7. The van der Waals surface area contributed by atoms with Crippen molar-refractivity contribution >= 4 is 21.4 Å². The highest BCUT2D eigenvalue weighted by Gasteiger charge is 2.30. The van der Waals surface area contributed by atoms with Crippen LogP contribution in [0.25, 0.3) is 11.3 Å². The molecule has 0 spiro atoms. The Morgan fingerprint density at radius 1 is 1.05 bits per heavy atom. The first-order valence-corrected chi connectivity index (χ1v) is 14.6. The molecule has 3 heterocycles. The van der Waals surface area contributed by atoms with Crippen LogP contribution < -0.4 is 14.4 Å². The van der Waals surface area contributed by atoms with Crippen LogP contribution in [-0.4, -0.2) is 50.6 Å². The van der Waals surface area contributed by atoms with E-state index in [1.165, 1.54) is 24.8 Å². The Labute approximate surface area is 234 Å². The highest BCUT2D eigenvalue weighted by molar-refractivity contribution is 7.92. The Morgan fingerprint density at radius 3 is 2.40 bits per heavy atom. The van der Waals surface area contributed by atoms with Crippen LogP contribution in [0.2, 0.25) is 0 Å². The molecule has 5 rings (SSSR count). The van der Waals surface area contributed by atoms with E-state index in [9.17, 15) is 12.8 Å². The SMILES string of the molecule is COc1ncc(N2CC(C)N(Cc3ccccc3)C(C)C2)cc1NS(=O)(=O)c1ccc(-c2ccc(C)o2)c(F)c1. The number of piperazine rings is 1. The van der Waals surface area contributed by atoms with Gasteiger partial charge in [-0.15, -0.1) is 0 Å². The van der Waals surface area contributed by atoms with Crippen LogP contribution in [-0.2, 0) is 16.6 Å². The van der Waals surface area contributed by atoms with Gasteiger partial charge < -0.3 is 14.1 Å². The largest absolute Gasteiger partial charge is 0.479 e. The van der Waals surface area contributed by atoms with Crippen molar-refractivity contribution in [2.45, 2.75) is 44.3 Å². The molecule has 2 aromatic heterocycles. The quantitative estimate of drug-likeness (QED) is 0.294. The number of hydrogen-bond acceptors (Lipinski definition) is 7. The van der Waals surface area contributed by atoms with Crippen molar-refractivity contribution in [3.8, 4) is 17.2 Å². The first kappa shape index (κ1) is 27.7. The fourth-order valence-corrected chi connectivity index (χ4v) is 6.23. The molecule has 1 fully saturated rings. The second-order valence-corrected chi connectivity index (χ2v) is 11.9. The Bertz CT molecular complexity index is 1580. The zero-order valence-corrected chi connectivity index (χ0v) is 23.8. The van der Waals surface area contributed by atoms with Gasteiger partial charge in [0.05, 0.1) is 29.5 Å². The minimum absolute atomic E-state index is 0.124. The number of sulfonamides is 1. The first-order chi connectivity index (χ1) is 19.1. The molecule has 1 N–H and O–H groups in total. The van der Waals surface area contributed by atoms with Crippen LogP contribution in [0.1, 0.15) is 25.2 Å². The van der Waals surface area contributed by atoms with E-state index in [2.05, 4.69) is 57.6 Å². The Hall–Kier alpha value is -3.89. The molecule has 1 saturated heterocycles. The number of nitrogens with one attached hydrogen (secondary N) is 1. The third-order valence-electron chi connectivity index (χ3n) is 7.21. The van der Waals surface area contributed by atoms with Gasteiger partial charge in [-0.3, -0.25) is 9.62 Å². The van der Waals surface area contributed by atoms with E-state index in [4.69, 9.17) is 9.15 Å². The summed E-state index contributed by atoms with van der Waals surface area (Å²) in [6.45, 7) is 8.48. The normalized spacial score (nSPS) is 18.1. The first-order valence-electron chi connectivity index (χ1n) is 13.1. The lowest BCUT2D eigenvalue weighted by Crippen LogP contribution is -2.56. The number of ether oxygens (including phenoxy) is 1. The number of rotatable bonds is 8. The zero-order valence-electron chi connectivity index (χ0n) is 23.0. The summed E-state index contributed by atoms with van der Waals surface area (Å²) in [6.07, 6.45) is 1.68. The molecule has 10 heteroatoms. The minimum atomic E-state index is -4.14. The van der Waals surface area contributed by atoms with Gasteiger partial charge in [-0.05, 0) is 62.7 Å². The molecule has 2 unspecified atom stereocenters. The summed E-state index contributed by atoms with van der Waals surface area (Å²) in [5, 5.41) is 0. The highest BCUT2D eigenvalue weighted by Crippen LogP contribution is 2.32. The molecule has 1 aliphatic rings. The summed E-state index contributed by atoms with van der Waals surface area (Å²) in [7, 11) is -2.72. The molecule has 1 aliphatic heterocycles. The Balaban J connectivity index is 1.35. The summed E-state index contributed by atoms with van der Waals surface area (Å²) in [4.78, 5) is 8.81. The van der Waals surface area contributed by atoms with Gasteiger partial charge >= 0.3 is 0 Å². The number of furan rings is 1. The van der Waals surface area contributed by atoms with Crippen molar-refractivity contribution in [1.82, 2.24) is 9.88 Å². The molecule has 4 aromatic rings. The van der Waals surface area contributed by atoms with Gasteiger partial charge in [0.25, 0.3) is 10.0 Å². The summed E-state index contributed by atoms with van der Waals surface area (Å²) in [5.74, 6) is 0.387. The minimum Gasteiger partial charge on any atom is -0.479 e. The molecule has 8 nitrogen and oxygen atoms in total. The molecular formula is C30H33FN4O4S. The third kappa shape index (κ3) is 5.83. The van der Waals surface area contributed by atoms with E-state index >= 15 is 0 Å². The summed E-state index contributed by atoms with van der Waals surface area (Å²) >= 11 is 0. The second kappa shape index (κ2) is 11.3. The van der Waals surface area contributed by atoms with Crippen molar-refractivity contribution in [2.75, 3.05) is 29.8 Å². The molecule has 210 valence electrons. The molecule has 2 aromatic carbocycles. The van der Waals surface area contributed by atoms with Gasteiger partial charge in [-0.25, -0.2) is 17.8 Å². The molecular weight excluding hydrogens is 531 g/mol. The smallest absolute Gasteiger partial charge is 0.262 e. The van der Waals surface area contributed by atoms with Crippen molar-refractivity contribution in [1.29, 1.82) is 0 Å². The molecule has 2 atom stereocenters. The predicted molar refractivity (Wildman–Crippen MR) is 154 cm³/mol. The van der Waals surface area contributed by atoms with E-state index in [1.54, 1.807) is 31.3 Å². The van der Waals surface area contributed by atoms with Crippen LogP contribution in [0, 0.1) is 12.7 Å². The van der Waals surface area contributed by atoms with Crippen LogP contribution in [0.3, 0.4) is 0 Å². The van der Waals surface area contributed by atoms with Crippen LogP contribution >= 0.6 is 0 Å². The second-order valence-electron chi connectivity index (χ2n) is 10.2. The van der Waals surface area contributed by atoms with Crippen molar-refractivity contribution in [3.63, 3.8) is 0 Å². The highest BCUT2D eigenvalue weighted by atomic mass is 32.2. The number of pyridine rings is 1. The standard InChI is InChI=1S/C30H33FN4O4S/c1-20-17-34(18-21(2)35(20)19-23-8-6-5-7-9-23)24-14-28(30(38-4)32-16-24)33-40(36,37)25-11-12-26(27(31)15-25)29-13-10-22(3)39-29/h5-16,20-21,33H,17-19H2,1-4H3. The molecule has 0 radical (unpaired) electrons. The monoisotopic (exact) mass is 564 g/mol. The maximum Gasteiger partial charge on any atom is 0.262 e. The van der Waals surface area contributed by atoms with Gasteiger partial charge in [0, 0.05) is 31.7 Å². The van der Waals surface area contributed by atoms with E-state index in [0.717, 1.165) is 31.4 Å². The summed E-state index contributed by atoms with van der Waals surface area (Å²) < 4.78 is 54.8. The maximum atomic E-state index is 14.9. The third-order valence-corrected chi connectivity index (χ3v) is 8.57. The van der Waals surface area contributed by atoms with E-state index < -0.39 is 15.8 Å². The lowest BCUT2D eigenvalue weighted by molar-refractivity contribution is 0.123. The maximum absolute atomic E-state index is 14.9. The van der Waals surface area contributed by atoms with Crippen LogP contribution in [0.4, 0.5) is 15.8 Å². The molecule has 0 bridgehead atoms. The predicted octanol–water partition coefficient (Wildman–Crippen LogP) is 5.70. The zero-order chi connectivity index (χ0) is 28.4. The van der Waals surface area contributed by atoms with Crippen molar-refractivity contribution in [3.05, 3.63) is 90.1 Å². The fraction of sp³-hybridized carbons (Fsp3) is 0.300. The number of hydrogen-bond donors (Lipinski definition) is 1. The van der Waals surface area contributed by atoms with E-state index in [1.807, 2.05) is 6.07 Å². The number of aryl methyl sites for hydroxylation is 1. The van der Waals surface area contributed by atoms with E-state index in [-0.39, 0.29) is 34.1 Å². The Kier molecular flexibility index (Phi) is 7.82. The van der Waals surface area contributed by atoms with Crippen molar-refractivity contribution in [2.24, 2.45) is 0 Å². The van der Waals surface area contributed by atoms with E-state index in [0.29, 0.717) is 11.5 Å². The fourth-order valence-electron chi connectivity index (χ4n) is 5.17. The summed E-state index contributed by atoms with van der Waals surface area (Å²) in [5.41, 5.74) is 2.40. The number of benzene rings is 2. The number of nitrogens with zero attached hydrogens (tertiary/aromatic N) is 3. The van der Waals surface area contributed by atoms with Crippen LogP contribution in [0.15, 0.2) is 82.2 Å². The van der Waals surface area contributed by atoms with Gasteiger partial charge in [-0.2, -0.15) is 0 Å². The van der Waals surface area contributed by atoms with Gasteiger partial charge in [0.15, 0.2) is 0 Å². The van der Waals surface area contributed by atoms with Gasteiger partial charge in [0.1, 0.15) is 23.0 Å². The molecule has 0 aliphatic carbocycles. The lowest BCUT2D eigenvalue weighted by Gasteiger charge is -2.45. The molecule has 0 saturated carbocycles. The Morgan fingerprint density at radius 2 is 1.77 bits per heavy atom.